The summed E-state index contributed by atoms with van der Waals surface area (Å²) < 4.78 is 0. The fourth-order valence-electron chi connectivity index (χ4n) is 2.65. The fraction of sp³-hybridized carbons (Fsp3) is 0.400. The van der Waals surface area contributed by atoms with Crippen molar-refractivity contribution in [2.75, 3.05) is 11.9 Å². The van der Waals surface area contributed by atoms with E-state index in [0.29, 0.717) is 5.75 Å². The number of nitrogens with one attached hydrogen (secondary N) is 1. The van der Waals surface area contributed by atoms with Crippen molar-refractivity contribution >= 4 is 5.69 Å². The maximum Gasteiger partial charge on any atom is 0.117 e. The molecule has 2 rings (SSSR count). The van der Waals surface area contributed by atoms with Gasteiger partial charge < -0.3 is 10.4 Å². The first-order valence-corrected chi connectivity index (χ1v) is 8.41. The van der Waals surface area contributed by atoms with Crippen LogP contribution in [-0.4, -0.2) is 11.7 Å². The molecule has 2 aromatic rings. The summed E-state index contributed by atoms with van der Waals surface area (Å²) in [4.78, 5) is 0. The third-order valence-electron chi connectivity index (χ3n) is 3.91. The number of rotatable bonds is 10. The van der Waals surface area contributed by atoms with Gasteiger partial charge in [0.2, 0.25) is 0 Å². The van der Waals surface area contributed by atoms with Crippen LogP contribution < -0.4 is 5.32 Å². The van der Waals surface area contributed by atoms with Gasteiger partial charge in [-0.3, -0.25) is 0 Å². The second-order valence-electron chi connectivity index (χ2n) is 5.83. The van der Waals surface area contributed by atoms with Gasteiger partial charge in [0.05, 0.1) is 0 Å². The average molecular weight is 297 g/mol. The first kappa shape index (κ1) is 16.4. The lowest BCUT2D eigenvalue weighted by Crippen LogP contribution is -2.00. The minimum atomic E-state index is 0.323. The van der Waals surface area contributed by atoms with E-state index >= 15 is 0 Å². The first-order valence-electron chi connectivity index (χ1n) is 8.41. The molecular weight excluding hydrogens is 270 g/mol. The van der Waals surface area contributed by atoms with Gasteiger partial charge in [-0.2, -0.15) is 0 Å². The highest BCUT2D eigenvalue weighted by atomic mass is 16.3. The Morgan fingerprint density at radius 2 is 1.45 bits per heavy atom. The predicted molar refractivity (Wildman–Crippen MR) is 94.4 cm³/mol. The summed E-state index contributed by atoms with van der Waals surface area (Å²) in [6, 6.07) is 18.1. The van der Waals surface area contributed by atoms with Gasteiger partial charge in [0.15, 0.2) is 0 Å². The highest BCUT2D eigenvalue weighted by Gasteiger charge is 1.95. The minimum Gasteiger partial charge on any atom is -0.508 e. The molecule has 0 amide bonds. The Hall–Kier alpha value is -1.96. The van der Waals surface area contributed by atoms with Crippen molar-refractivity contribution in [1.82, 2.24) is 0 Å². The number of unbranched alkanes of at least 4 members (excludes halogenated alkanes) is 5. The van der Waals surface area contributed by atoms with Gasteiger partial charge in [-0.15, -0.1) is 0 Å². The Bertz CT molecular complexity index is 524. The van der Waals surface area contributed by atoms with Crippen molar-refractivity contribution in [2.24, 2.45) is 0 Å². The van der Waals surface area contributed by atoms with Crippen molar-refractivity contribution in [3.05, 3.63) is 60.2 Å². The molecule has 0 aliphatic rings. The lowest BCUT2D eigenvalue weighted by atomic mass is 10.1. The van der Waals surface area contributed by atoms with E-state index in [1.54, 1.807) is 12.1 Å². The third-order valence-corrected chi connectivity index (χ3v) is 3.91. The summed E-state index contributed by atoms with van der Waals surface area (Å²) in [6.45, 7) is 0.980. The lowest BCUT2D eigenvalue weighted by molar-refractivity contribution is 0.475. The van der Waals surface area contributed by atoms with Crippen LogP contribution >= 0.6 is 0 Å². The van der Waals surface area contributed by atoms with Crippen LogP contribution in [0.1, 0.15) is 44.1 Å². The molecule has 0 saturated carbocycles. The van der Waals surface area contributed by atoms with Crippen LogP contribution in [-0.2, 0) is 6.42 Å². The van der Waals surface area contributed by atoms with E-state index in [0.717, 1.165) is 12.2 Å². The topological polar surface area (TPSA) is 32.3 Å². The maximum atomic E-state index is 9.38. The number of hydrogen-bond acceptors (Lipinski definition) is 2. The van der Waals surface area contributed by atoms with Gasteiger partial charge in [0, 0.05) is 18.3 Å². The molecule has 0 saturated heterocycles. The second kappa shape index (κ2) is 9.88. The molecule has 0 aliphatic carbocycles. The SMILES string of the molecule is Oc1cccc(NCCCCCCCCc2ccccc2)c1. The summed E-state index contributed by atoms with van der Waals surface area (Å²) in [7, 11) is 0. The minimum absolute atomic E-state index is 0.323. The summed E-state index contributed by atoms with van der Waals surface area (Å²) in [5.41, 5.74) is 2.46. The van der Waals surface area contributed by atoms with E-state index in [1.165, 1.54) is 50.5 Å². The van der Waals surface area contributed by atoms with Crippen LogP contribution in [0.5, 0.6) is 5.75 Å². The first-order chi connectivity index (χ1) is 10.8. The molecule has 118 valence electrons. The fourth-order valence-corrected chi connectivity index (χ4v) is 2.65. The monoisotopic (exact) mass is 297 g/mol. The Morgan fingerprint density at radius 1 is 0.727 bits per heavy atom. The van der Waals surface area contributed by atoms with Gasteiger partial charge in [0.25, 0.3) is 0 Å². The summed E-state index contributed by atoms with van der Waals surface area (Å²) in [6.07, 6.45) is 8.95. The average Bonchev–Trinajstić information content (AvgIpc) is 2.54. The van der Waals surface area contributed by atoms with Crippen LogP contribution in [0.3, 0.4) is 0 Å². The molecule has 0 atom stereocenters. The smallest absolute Gasteiger partial charge is 0.117 e. The van der Waals surface area contributed by atoms with Crippen molar-refractivity contribution < 1.29 is 5.11 Å². The van der Waals surface area contributed by atoms with Crippen LogP contribution in [0.4, 0.5) is 5.69 Å². The number of phenolic OH excluding ortho intramolecular Hbond substituents is 1. The van der Waals surface area contributed by atoms with Gasteiger partial charge >= 0.3 is 0 Å². The Balaban J connectivity index is 1.43. The highest BCUT2D eigenvalue weighted by Crippen LogP contribution is 2.15. The number of hydrogen-bond donors (Lipinski definition) is 2. The second-order valence-corrected chi connectivity index (χ2v) is 5.83. The number of aryl methyl sites for hydroxylation is 1. The molecule has 0 aliphatic heterocycles. The number of aromatic hydroxyl groups is 1. The molecule has 0 spiro atoms. The lowest BCUT2D eigenvalue weighted by Gasteiger charge is -2.06. The molecule has 0 heterocycles. The summed E-state index contributed by atoms with van der Waals surface area (Å²) in [5, 5.41) is 12.7. The van der Waals surface area contributed by atoms with Crippen molar-refractivity contribution in [2.45, 2.75) is 44.9 Å². The standard InChI is InChI=1S/C20H27NO/c22-20-15-10-14-19(17-20)21-16-9-4-2-1-3-6-11-18-12-7-5-8-13-18/h5,7-8,10,12-15,17,21-22H,1-4,6,9,11,16H2. The zero-order valence-electron chi connectivity index (χ0n) is 13.3. The highest BCUT2D eigenvalue weighted by molar-refractivity contribution is 5.47. The zero-order valence-corrected chi connectivity index (χ0v) is 13.3. The molecule has 0 aromatic heterocycles. The van der Waals surface area contributed by atoms with Crippen molar-refractivity contribution in [3.63, 3.8) is 0 Å². The molecule has 2 nitrogen and oxygen atoms in total. The van der Waals surface area contributed by atoms with Crippen molar-refractivity contribution in [3.8, 4) is 5.75 Å². The van der Waals surface area contributed by atoms with Gasteiger partial charge in [0.1, 0.15) is 5.75 Å². The number of benzene rings is 2. The quantitative estimate of drug-likeness (QED) is 0.576. The van der Waals surface area contributed by atoms with Crippen LogP contribution in [0, 0.1) is 0 Å². The molecule has 2 aromatic carbocycles. The molecule has 0 unspecified atom stereocenters. The third kappa shape index (κ3) is 6.66. The summed E-state index contributed by atoms with van der Waals surface area (Å²) >= 11 is 0. The number of phenols is 1. The van der Waals surface area contributed by atoms with E-state index in [9.17, 15) is 5.11 Å². The van der Waals surface area contributed by atoms with Crippen molar-refractivity contribution in [1.29, 1.82) is 0 Å². The molecule has 22 heavy (non-hydrogen) atoms. The molecule has 0 fully saturated rings. The molecule has 0 bridgehead atoms. The van der Waals surface area contributed by atoms with E-state index in [1.807, 2.05) is 12.1 Å². The zero-order chi connectivity index (χ0) is 15.5. The molecule has 2 heteroatoms. The van der Waals surface area contributed by atoms with E-state index in [-0.39, 0.29) is 0 Å². The maximum absolute atomic E-state index is 9.38. The molecule has 0 radical (unpaired) electrons. The Morgan fingerprint density at radius 3 is 2.23 bits per heavy atom. The van der Waals surface area contributed by atoms with Crippen LogP contribution in [0.15, 0.2) is 54.6 Å². The van der Waals surface area contributed by atoms with Gasteiger partial charge in [-0.05, 0) is 37.0 Å². The Kier molecular flexibility index (Phi) is 7.37. The normalized spacial score (nSPS) is 10.5. The molecular formula is C20H27NO. The molecule has 2 N–H and O–H groups in total. The number of anilines is 1. The predicted octanol–water partition coefficient (Wildman–Crippen LogP) is 5.39. The van der Waals surface area contributed by atoms with Gasteiger partial charge in [-0.1, -0.05) is 62.1 Å². The van der Waals surface area contributed by atoms with E-state index < -0.39 is 0 Å². The van der Waals surface area contributed by atoms with Crippen LogP contribution in [0.25, 0.3) is 0 Å². The largest absolute Gasteiger partial charge is 0.508 e. The summed E-state index contributed by atoms with van der Waals surface area (Å²) in [5.74, 6) is 0.323. The van der Waals surface area contributed by atoms with Crippen LogP contribution in [0.2, 0.25) is 0 Å². The van der Waals surface area contributed by atoms with E-state index in [4.69, 9.17) is 0 Å². The Labute approximate surface area is 134 Å². The van der Waals surface area contributed by atoms with Gasteiger partial charge in [-0.25, -0.2) is 0 Å². The van der Waals surface area contributed by atoms with E-state index in [2.05, 4.69) is 35.6 Å².